The third-order valence-corrected chi connectivity index (χ3v) is 10.5. The van der Waals surface area contributed by atoms with Crippen LogP contribution in [0.2, 0.25) is 0 Å². The minimum Gasteiger partial charge on any atom is -0.369 e. The molecule has 0 spiro atoms. The molecule has 256 valence electrons. The molecule has 54 heavy (non-hydrogen) atoms. The van der Waals surface area contributed by atoms with Crippen LogP contribution in [0.4, 0.5) is 5.69 Å². The summed E-state index contributed by atoms with van der Waals surface area (Å²) in [6, 6.07) is 61.2. The van der Waals surface area contributed by atoms with Gasteiger partial charge >= 0.3 is 0 Å². The number of amides is 1. The molecule has 5 heteroatoms. The quantitative estimate of drug-likeness (QED) is 0.188. The predicted octanol–water partition coefficient (Wildman–Crippen LogP) is 11.5. The Kier molecular flexibility index (Phi) is 7.53. The first kappa shape index (κ1) is 31.6. The number of para-hydroxylation sites is 1. The fourth-order valence-electron chi connectivity index (χ4n) is 8.08. The van der Waals surface area contributed by atoms with Crippen molar-refractivity contribution in [3.05, 3.63) is 199 Å². The Bertz CT molecular complexity index is 2790. The number of hydrogen-bond acceptors (Lipinski definition) is 3. The van der Waals surface area contributed by atoms with Crippen molar-refractivity contribution in [2.45, 2.75) is 6.23 Å². The molecule has 10 rings (SSSR count). The van der Waals surface area contributed by atoms with Crippen molar-refractivity contribution < 1.29 is 9.90 Å². The number of hydrogen-bond donors (Lipinski definition) is 1. The molecule has 2 aromatic heterocycles. The highest BCUT2D eigenvalue weighted by Crippen LogP contribution is 2.49. The second-order valence-corrected chi connectivity index (χ2v) is 13.6. The van der Waals surface area contributed by atoms with Gasteiger partial charge in [0.15, 0.2) is 6.23 Å². The Hall–Kier alpha value is -7.08. The van der Waals surface area contributed by atoms with Crippen molar-refractivity contribution in [3.63, 3.8) is 0 Å². The van der Waals surface area contributed by atoms with E-state index in [1.165, 1.54) is 0 Å². The third kappa shape index (κ3) is 5.06. The second-order valence-electron chi connectivity index (χ2n) is 13.6. The fraction of sp³-hybridized carbons (Fsp3) is 0.0204. The van der Waals surface area contributed by atoms with Crippen molar-refractivity contribution >= 4 is 33.4 Å². The van der Waals surface area contributed by atoms with E-state index in [9.17, 15) is 5.11 Å². The molecule has 0 aliphatic carbocycles. The SMILES string of the molecule is O=C1c2c(cccc2-n2c3ccccc3c3cc(-c4ccccn4)ccc32)C(O)N1c1c(-c2ccccc2)cc(-c2ccccc2)cc1-c1ccccc1. The molecule has 0 fully saturated rings. The second kappa shape index (κ2) is 12.8. The summed E-state index contributed by atoms with van der Waals surface area (Å²) in [6.07, 6.45) is 0.587. The maximum absolute atomic E-state index is 15.3. The summed E-state index contributed by atoms with van der Waals surface area (Å²) in [6.45, 7) is 0. The number of aliphatic hydroxyl groups is 1. The van der Waals surface area contributed by atoms with Crippen LogP contribution in [0.25, 0.3) is 72.1 Å². The average Bonchev–Trinajstić information content (AvgIpc) is 3.71. The molecule has 1 amide bonds. The zero-order valence-corrected chi connectivity index (χ0v) is 29.2. The Morgan fingerprint density at radius 1 is 0.500 bits per heavy atom. The summed E-state index contributed by atoms with van der Waals surface area (Å²) in [5, 5.41) is 14.5. The fourth-order valence-corrected chi connectivity index (χ4v) is 8.08. The summed E-state index contributed by atoms with van der Waals surface area (Å²) in [5.41, 5.74) is 12.0. The molecule has 0 radical (unpaired) electrons. The molecule has 0 saturated carbocycles. The molecule has 9 aromatic rings. The number of nitrogens with zero attached hydrogens (tertiary/aromatic N) is 3. The van der Waals surface area contributed by atoms with Gasteiger partial charge in [-0.3, -0.25) is 14.7 Å². The van der Waals surface area contributed by atoms with E-state index in [2.05, 4.69) is 88.4 Å². The van der Waals surface area contributed by atoms with E-state index < -0.39 is 6.23 Å². The Morgan fingerprint density at radius 3 is 1.78 bits per heavy atom. The van der Waals surface area contributed by atoms with Crippen LogP contribution in [-0.2, 0) is 0 Å². The summed E-state index contributed by atoms with van der Waals surface area (Å²) in [4.78, 5) is 21.5. The van der Waals surface area contributed by atoms with Crippen LogP contribution in [0.3, 0.4) is 0 Å². The van der Waals surface area contributed by atoms with Gasteiger partial charge in [-0.25, -0.2) is 0 Å². The van der Waals surface area contributed by atoms with Crippen LogP contribution in [0, 0.1) is 0 Å². The molecule has 7 aromatic carbocycles. The molecular weight excluding hydrogens is 663 g/mol. The summed E-state index contributed by atoms with van der Waals surface area (Å²) in [5.74, 6) is -0.258. The summed E-state index contributed by atoms with van der Waals surface area (Å²) in [7, 11) is 0. The number of aromatic nitrogens is 2. The first-order valence-corrected chi connectivity index (χ1v) is 18.1. The number of carbonyl (C=O) groups is 1. The van der Waals surface area contributed by atoms with Gasteiger partial charge in [-0.05, 0) is 70.8 Å². The van der Waals surface area contributed by atoms with Gasteiger partial charge in [0, 0.05) is 39.2 Å². The smallest absolute Gasteiger partial charge is 0.263 e. The number of pyridine rings is 1. The predicted molar refractivity (Wildman–Crippen MR) is 219 cm³/mol. The van der Waals surface area contributed by atoms with Gasteiger partial charge in [-0.1, -0.05) is 133 Å². The topological polar surface area (TPSA) is 58.4 Å². The van der Waals surface area contributed by atoms with Gasteiger partial charge < -0.3 is 9.67 Å². The van der Waals surface area contributed by atoms with E-state index in [0.29, 0.717) is 16.8 Å². The standard InChI is InChI=1S/C49H33N3O2/c53-48-38-22-14-25-45(51-43-24-11-10-21-37(43)41-29-35(26-27-44(41)51)42-23-12-13-28-50-42)46(38)49(54)52(48)47-39(33-17-6-2-7-18-33)30-36(32-15-4-1-5-16-32)31-40(47)34-19-8-3-9-20-34/h1-31,48,53H. The van der Waals surface area contributed by atoms with E-state index in [0.717, 1.165) is 72.1 Å². The van der Waals surface area contributed by atoms with Crippen LogP contribution in [-0.4, -0.2) is 20.6 Å². The highest BCUT2D eigenvalue weighted by molar-refractivity contribution is 6.18. The molecule has 1 aliphatic rings. The van der Waals surface area contributed by atoms with E-state index >= 15 is 4.79 Å². The lowest BCUT2D eigenvalue weighted by molar-refractivity contribution is 0.0935. The molecule has 0 bridgehead atoms. The van der Waals surface area contributed by atoms with E-state index in [-0.39, 0.29) is 5.91 Å². The third-order valence-electron chi connectivity index (χ3n) is 10.5. The highest BCUT2D eigenvalue weighted by atomic mass is 16.3. The molecule has 3 heterocycles. The zero-order valence-electron chi connectivity index (χ0n) is 29.2. The number of anilines is 1. The summed E-state index contributed by atoms with van der Waals surface area (Å²) >= 11 is 0. The molecule has 1 aliphatic heterocycles. The number of aliphatic hydroxyl groups excluding tert-OH is 1. The first-order chi connectivity index (χ1) is 26.7. The van der Waals surface area contributed by atoms with Crippen LogP contribution in [0.15, 0.2) is 188 Å². The van der Waals surface area contributed by atoms with Gasteiger partial charge in [0.1, 0.15) is 0 Å². The monoisotopic (exact) mass is 695 g/mol. The Labute approximate surface area is 312 Å². The van der Waals surface area contributed by atoms with Crippen LogP contribution < -0.4 is 4.90 Å². The van der Waals surface area contributed by atoms with Gasteiger partial charge in [-0.15, -0.1) is 0 Å². The Morgan fingerprint density at radius 2 is 1.11 bits per heavy atom. The molecule has 1 atom stereocenters. The maximum atomic E-state index is 15.3. The maximum Gasteiger partial charge on any atom is 0.263 e. The van der Waals surface area contributed by atoms with Crippen LogP contribution in [0.5, 0.6) is 0 Å². The van der Waals surface area contributed by atoms with Crippen LogP contribution >= 0.6 is 0 Å². The number of benzene rings is 7. The summed E-state index contributed by atoms with van der Waals surface area (Å²) < 4.78 is 2.16. The molecule has 0 saturated heterocycles. The first-order valence-electron chi connectivity index (χ1n) is 18.1. The minimum atomic E-state index is -1.22. The highest BCUT2D eigenvalue weighted by Gasteiger charge is 2.41. The number of carbonyl (C=O) groups excluding carboxylic acids is 1. The van der Waals surface area contributed by atoms with Crippen LogP contribution in [0.1, 0.15) is 22.1 Å². The number of rotatable bonds is 6. The minimum absolute atomic E-state index is 0.258. The molecule has 5 nitrogen and oxygen atoms in total. The lowest BCUT2D eigenvalue weighted by atomic mass is 9.90. The average molecular weight is 696 g/mol. The van der Waals surface area contributed by atoms with Gasteiger partial charge in [0.2, 0.25) is 0 Å². The molecular formula is C49H33N3O2. The van der Waals surface area contributed by atoms with Gasteiger partial charge in [0.05, 0.1) is 33.7 Å². The van der Waals surface area contributed by atoms with Gasteiger partial charge in [0.25, 0.3) is 5.91 Å². The lowest BCUT2D eigenvalue weighted by Crippen LogP contribution is -2.29. The molecule has 1 unspecified atom stereocenters. The normalized spacial score (nSPS) is 13.8. The lowest BCUT2D eigenvalue weighted by Gasteiger charge is -2.28. The van der Waals surface area contributed by atoms with Crippen molar-refractivity contribution in [1.29, 1.82) is 0 Å². The molecule has 1 N–H and O–H groups in total. The zero-order chi connectivity index (χ0) is 36.2. The van der Waals surface area contributed by atoms with Gasteiger partial charge in [-0.2, -0.15) is 0 Å². The van der Waals surface area contributed by atoms with Crippen molar-refractivity contribution in [1.82, 2.24) is 9.55 Å². The van der Waals surface area contributed by atoms with E-state index in [1.54, 1.807) is 11.1 Å². The van der Waals surface area contributed by atoms with E-state index in [1.807, 2.05) is 103 Å². The van der Waals surface area contributed by atoms with E-state index in [4.69, 9.17) is 0 Å². The number of fused-ring (bicyclic) bond motifs is 4. The van der Waals surface area contributed by atoms with Crippen molar-refractivity contribution in [3.8, 4) is 50.3 Å². The van der Waals surface area contributed by atoms with Crippen molar-refractivity contribution in [2.24, 2.45) is 0 Å². The Balaban J connectivity index is 1.21. The largest absolute Gasteiger partial charge is 0.369 e. The van der Waals surface area contributed by atoms with Crippen molar-refractivity contribution in [2.75, 3.05) is 4.90 Å².